The van der Waals surface area contributed by atoms with Crippen molar-refractivity contribution in [1.82, 2.24) is 5.32 Å². The first-order valence-corrected chi connectivity index (χ1v) is 11.2. The number of carbonyl (C=O) groups excluding carboxylic acids is 1. The largest absolute Gasteiger partial charge is 0.497 e. The van der Waals surface area contributed by atoms with E-state index in [0.717, 1.165) is 38.5 Å². The number of urea groups is 1. The zero-order chi connectivity index (χ0) is 17.6. The highest BCUT2D eigenvalue weighted by molar-refractivity contribution is 6.59. The summed E-state index contributed by atoms with van der Waals surface area (Å²) in [5.41, 5.74) is 5.11. The Kier molecular flexibility index (Phi) is 13.4. The quantitative estimate of drug-likeness (QED) is 0.351. The molecule has 6 nitrogen and oxygen atoms in total. The minimum Gasteiger partial charge on any atom is -0.374 e. The third-order valence-corrected chi connectivity index (χ3v) is 5.70. The van der Waals surface area contributed by atoms with Gasteiger partial charge in [-0.1, -0.05) is 40.0 Å². The summed E-state index contributed by atoms with van der Waals surface area (Å²) in [4.78, 5) is 10.8. The highest BCUT2D eigenvalue weighted by Gasteiger charge is 2.37. The van der Waals surface area contributed by atoms with Crippen molar-refractivity contribution in [3.8, 4) is 0 Å². The summed E-state index contributed by atoms with van der Waals surface area (Å²) >= 11 is 0. The molecule has 2 amide bonds. The van der Waals surface area contributed by atoms with Gasteiger partial charge in [-0.25, -0.2) is 4.79 Å². The summed E-state index contributed by atoms with van der Waals surface area (Å²) in [6.45, 7) is 10.2. The van der Waals surface area contributed by atoms with Crippen LogP contribution in [0, 0.1) is 0 Å². The molecule has 0 aromatic heterocycles. The van der Waals surface area contributed by atoms with Crippen LogP contribution >= 0.6 is 0 Å². The number of amides is 2. The van der Waals surface area contributed by atoms with Crippen LogP contribution in [0.3, 0.4) is 0 Å². The fourth-order valence-corrected chi connectivity index (χ4v) is 4.25. The van der Waals surface area contributed by atoms with E-state index in [0.29, 0.717) is 26.2 Å². The highest BCUT2D eigenvalue weighted by Crippen LogP contribution is 2.18. The van der Waals surface area contributed by atoms with E-state index in [2.05, 4.69) is 26.1 Å². The molecule has 0 fully saturated rings. The number of hydrogen-bond donors (Lipinski definition) is 2. The summed E-state index contributed by atoms with van der Waals surface area (Å²) < 4.78 is 18.3. The molecule has 0 saturated heterocycles. The zero-order valence-electron chi connectivity index (χ0n) is 15.4. The maximum atomic E-state index is 10.8. The Balaban J connectivity index is 4.56. The molecule has 1 unspecified atom stereocenters. The summed E-state index contributed by atoms with van der Waals surface area (Å²) in [6, 6.07) is -0.501. The lowest BCUT2D eigenvalue weighted by Gasteiger charge is -2.31. The summed E-state index contributed by atoms with van der Waals surface area (Å²) in [6.07, 6.45) is 6.84. The molecule has 7 heteroatoms. The lowest BCUT2D eigenvalue weighted by Crippen LogP contribution is -2.46. The van der Waals surface area contributed by atoms with Crippen molar-refractivity contribution in [2.24, 2.45) is 5.73 Å². The fourth-order valence-electron chi connectivity index (χ4n) is 2.16. The van der Waals surface area contributed by atoms with Crippen molar-refractivity contribution in [3.05, 3.63) is 0 Å². The second-order valence-electron chi connectivity index (χ2n) is 5.87. The molecule has 0 aliphatic carbocycles. The molecule has 1 atom stereocenters. The van der Waals surface area contributed by atoms with E-state index in [-0.39, 0.29) is 6.10 Å². The smallest absolute Gasteiger partial charge is 0.374 e. The second-order valence-corrected chi connectivity index (χ2v) is 8.41. The van der Waals surface area contributed by atoms with Crippen molar-refractivity contribution in [1.29, 1.82) is 0 Å². The van der Waals surface area contributed by atoms with Crippen LogP contribution in [-0.2, 0) is 13.3 Å². The maximum Gasteiger partial charge on any atom is 0.497 e. The first-order chi connectivity index (χ1) is 11.0. The van der Waals surface area contributed by atoms with Crippen LogP contribution in [0.15, 0.2) is 0 Å². The van der Waals surface area contributed by atoms with Crippen molar-refractivity contribution in [2.45, 2.75) is 78.4 Å². The minimum absolute atomic E-state index is 0.0202. The lowest BCUT2D eigenvalue weighted by molar-refractivity contribution is 0.0250. The molecule has 0 aliphatic rings. The number of rotatable bonds is 15. The normalized spacial score (nSPS) is 13.0. The van der Waals surface area contributed by atoms with Gasteiger partial charge in [0.15, 0.2) is 0 Å². The van der Waals surface area contributed by atoms with Gasteiger partial charge < -0.3 is 24.3 Å². The van der Waals surface area contributed by atoms with Gasteiger partial charge in [-0.3, -0.25) is 0 Å². The summed E-state index contributed by atoms with van der Waals surface area (Å²) in [7, 11) is -2.65. The topological polar surface area (TPSA) is 82.8 Å². The van der Waals surface area contributed by atoms with Gasteiger partial charge in [0.05, 0.1) is 6.10 Å². The average Bonchev–Trinajstić information content (AvgIpc) is 2.47. The molecule has 0 aromatic rings. The monoisotopic (exact) mass is 348 g/mol. The Morgan fingerprint density at radius 1 is 1.04 bits per heavy atom. The third-order valence-electron chi connectivity index (χ3n) is 3.48. The Morgan fingerprint density at radius 3 is 2.04 bits per heavy atom. The molecule has 0 radical (unpaired) electrons. The SMILES string of the molecule is CCCCO[Si](C)(OCCCC)OC(CCC)CCNC(N)=O. The van der Waals surface area contributed by atoms with E-state index in [1.54, 1.807) is 0 Å². The highest BCUT2D eigenvalue weighted by atomic mass is 28.4. The van der Waals surface area contributed by atoms with Gasteiger partial charge in [0.1, 0.15) is 0 Å². The molecule has 0 spiro atoms. The first kappa shape index (κ1) is 22.4. The van der Waals surface area contributed by atoms with Gasteiger partial charge in [0.2, 0.25) is 0 Å². The number of primary amides is 1. The van der Waals surface area contributed by atoms with Crippen LogP contribution in [-0.4, -0.2) is 40.7 Å². The molecule has 0 saturated carbocycles. The van der Waals surface area contributed by atoms with E-state index in [4.69, 9.17) is 19.0 Å². The number of unbranched alkanes of at least 4 members (excludes halogenated alkanes) is 2. The van der Waals surface area contributed by atoms with Gasteiger partial charge in [0.25, 0.3) is 0 Å². The number of hydrogen-bond acceptors (Lipinski definition) is 4. The second kappa shape index (κ2) is 13.8. The van der Waals surface area contributed by atoms with Crippen LogP contribution in [0.2, 0.25) is 6.55 Å². The summed E-state index contributed by atoms with van der Waals surface area (Å²) in [5, 5.41) is 2.62. The van der Waals surface area contributed by atoms with Gasteiger partial charge in [-0.2, -0.15) is 0 Å². The van der Waals surface area contributed by atoms with Crippen molar-refractivity contribution >= 4 is 14.8 Å². The van der Waals surface area contributed by atoms with Gasteiger partial charge in [0, 0.05) is 26.3 Å². The Morgan fingerprint density at radius 2 is 1.61 bits per heavy atom. The number of carbonyl (C=O) groups is 1. The molecule has 3 N–H and O–H groups in total. The molecule has 23 heavy (non-hydrogen) atoms. The third kappa shape index (κ3) is 12.5. The molecule has 138 valence electrons. The van der Waals surface area contributed by atoms with E-state index < -0.39 is 14.8 Å². The van der Waals surface area contributed by atoms with Crippen LogP contribution < -0.4 is 11.1 Å². The number of nitrogens with two attached hydrogens (primary N) is 1. The van der Waals surface area contributed by atoms with E-state index in [1.165, 1.54) is 0 Å². The standard InChI is InChI=1S/C16H36N2O4Si/c1-5-8-13-20-23(4,21-14-9-6-2)22-15(10-7-3)11-12-18-16(17)19/h15H,5-14H2,1-4H3,(H3,17,18,19). The van der Waals surface area contributed by atoms with E-state index in [9.17, 15) is 4.79 Å². The predicted molar refractivity (Wildman–Crippen MR) is 95.3 cm³/mol. The van der Waals surface area contributed by atoms with Crippen molar-refractivity contribution in [2.75, 3.05) is 19.8 Å². The fraction of sp³-hybridized carbons (Fsp3) is 0.938. The van der Waals surface area contributed by atoms with Gasteiger partial charge in [-0.15, -0.1) is 0 Å². The van der Waals surface area contributed by atoms with E-state index in [1.807, 2.05) is 6.55 Å². The Bertz CT molecular complexity index is 296. The maximum absolute atomic E-state index is 10.8. The summed E-state index contributed by atoms with van der Waals surface area (Å²) in [5.74, 6) is 0. The molecule has 0 aliphatic heterocycles. The van der Waals surface area contributed by atoms with E-state index >= 15 is 0 Å². The predicted octanol–water partition coefficient (Wildman–Crippen LogP) is 3.43. The molecule has 0 aromatic carbocycles. The van der Waals surface area contributed by atoms with Gasteiger partial charge in [-0.05, 0) is 25.7 Å². The zero-order valence-corrected chi connectivity index (χ0v) is 16.4. The Hall–Kier alpha value is -0.633. The first-order valence-electron chi connectivity index (χ1n) is 8.96. The molecule has 0 heterocycles. The minimum atomic E-state index is -2.65. The Labute approximate surface area is 142 Å². The van der Waals surface area contributed by atoms with Crippen LogP contribution in [0.5, 0.6) is 0 Å². The van der Waals surface area contributed by atoms with Crippen LogP contribution in [0.4, 0.5) is 4.79 Å². The average molecular weight is 349 g/mol. The molecular weight excluding hydrogens is 312 g/mol. The van der Waals surface area contributed by atoms with Crippen LogP contribution in [0.1, 0.15) is 65.7 Å². The molecule has 0 bridgehead atoms. The molecule has 0 rings (SSSR count). The lowest BCUT2D eigenvalue weighted by atomic mass is 10.1. The molecular formula is C16H36N2O4Si. The van der Waals surface area contributed by atoms with Gasteiger partial charge >= 0.3 is 14.8 Å². The van der Waals surface area contributed by atoms with Crippen molar-refractivity contribution in [3.63, 3.8) is 0 Å². The number of nitrogens with one attached hydrogen (secondary N) is 1. The van der Waals surface area contributed by atoms with Crippen molar-refractivity contribution < 1.29 is 18.1 Å². The van der Waals surface area contributed by atoms with Crippen LogP contribution in [0.25, 0.3) is 0 Å².